The Labute approximate surface area is 123 Å². The van der Waals surface area contributed by atoms with Crippen LogP contribution in [0.4, 0.5) is 0 Å². The molecule has 0 amide bonds. The molecule has 0 atom stereocenters. The SMILES string of the molecule is [Ge][c]1[c]([Ge])[c]([Ge])[c]([Ge])[c]([Ge])[c]1[Ge]. The Morgan fingerprint density at radius 3 is 0.500 bits per heavy atom. The first-order chi connectivity index (χ1) is 5.46. The summed E-state index contributed by atoms with van der Waals surface area (Å²) < 4.78 is 8.73. The molecule has 0 N–H and O–H groups in total. The van der Waals surface area contributed by atoms with Crippen LogP contribution in [0.15, 0.2) is 0 Å². The Morgan fingerprint density at radius 2 is 0.417 bits per heavy atom. The normalized spacial score (nSPS) is 10.5. The van der Waals surface area contributed by atoms with Crippen molar-refractivity contribution in [3.63, 3.8) is 0 Å². The molecule has 0 aromatic heterocycles. The molecule has 0 aliphatic rings. The van der Waals surface area contributed by atoms with E-state index in [4.69, 9.17) is 0 Å². The summed E-state index contributed by atoms with van der Waals surface area (Å²) in [6.07, 6.45) is 0. The van der Waals surface area contributed by atoms with Gasteiger partial charge in [0, 0.05) is 0 Å². The monoisotopic (exact) mass is 516 g/mol. The summed E-state index contributed by atoms with van der Waals surface area (Å²) in [6, 6.07) is 0. The van der Waals surface area contributed by atoms with Crippen LogP contribution >= 0.6 is 0 Å². The van der Waals surface area contributed by atoms with Crippen LogP contribution in [0, 0.1) is 0 Å². The molecule has 12 heavy (non-hydrogen) atoms. The molecule has 0 heterocycles. The molecule has 1 rings (SSSR count). The topological polar surface area (TPSA) is 0 Å². The van der Waals surface area contributed by atoms with E-state index in [0.717, 1.165) is 0 Å². The summed E-state index contributed by atoms with van der Waals surface area (Å²) in [7, 11) is 0. The Balaban J connectivity index is 3.60. The number of rotatable bonds is 0. The molecule has 0 aliphatic heterocycles. The van der Waals surface area contributed by atoms with E-state index in [1.54, 1.807) is 0 Å². The van der Waals surface area contributed by atoms with Gasteiger partial charge in [0.2, 0.25) is 0 Å². The Hall–Kier alpha value is 2.48. The summed E-state index contributed by atoms with van der Waals surface area (Å²) in [4.78, 5) is 0. The fourth-order valence-corrected chi connectivity index (χ4v) is 7.20. The van der Waals surface area contributed by atoms with E-state index in [0.29, 0.717) is 0 Å². The van der Waals surface area contributed by atoms with Crippen molar-refractivity contribution in [3.05, 3.63) is 0 Å². The van der Waals surface area contributed by atoms with Crippen LogP contribution in [0.3, 0.4) is 0 Å². The van der Waals surface area contributed by atoms with Crippen molar-refractivity contribution in [3.8, 4) is 0 Å². The second-order valence-corrected chi connectivity index (χ2v) is 8.54. The first-order valence-electron chi connectivity index (χ1n) is 3.00. The van der Waals surface area contributed by atoms with Gasteiger partial charge in [0.1, 0.15) is 0 Å². The van der Waals surface area contributed by atoms with E-state index >= 15 is 0 Å². The van der Waals surface area contributed by atoms with E-state index in [1.165, 1.54) is 26.4 Å². The molecule has 0 saturated heterocycles. The van der Waals surface area contributed by atoms with Gasteiger partial charge in [0.25, 0.3) is 0 Å². The van der Waals surface area contributed by atoms with E-state index in [9.17, 15) is 0 Å². The van der Waals surface area contributed by atoms with Crippen molar-refractivity contribution >= 4 is 125 Å². The van der Waals surface area contributed by atoms with E-state index in [1.807, 2.05) is 0 Å². The maximum atomic E-state index is 2.21. The Bertz CT molecular complexity index is 226. The predicted octanol–water partition coefficient (Wildman–Crippen LogP) is -5.55. The van der Waals surface area contributed by atoms with Gasteiger partial charge in [-0.1, -0.05) is 0 Å². The van der Waals surface area contributed by atoms with Crippen LogP contribution in [-0.4, -0.2) is 99.1 Å². The molecule has 48 valence electrons. The van der Waals surface area contributed by atoms with E-state index in [2.05, 4.69) is 99.1 Å². The summed E-state index contributed by atoms with van der Waals surface area (Å²) >= 11 is 13.3. The van der Waals surface area contributed by atoms with Gasteiger partial charge >= 0.3 is 125 Å². The van der Waals surface area contributed by atoms with E-state index < -0.39 is 0 Å². The molecule has 0 nitrogen and oxygen atoms in total. The summed E-state index contributed by atoms with van der Waals surface area (Å²) in [5.74, 6) is 0. The fraction of sp³-hybridized carbons (Fsp3) is 0. The number of benzene rings is 1. The third-order valence-electron chi connectivity index (χ3n) is 1.50. The third kappa shape index (κ3) is 2.34. The molecule has 1 aromatic rings. The average molecular weight is 508 g/mol. The van der Waals surface area contributed by atoms with Crippen LogP contribution in [0.1, 0.15) is 0 Å². The van der Waals surface area contributed by atoms with Crippen LogP contribution in [0.2, 0.25) is 0 Å². The Kier molecular flexibility index (Phi) is 5.23. The molecular formula is C6Ge6. The van der Waals surface area contributed by atoms with Gasteiger partial charge in [0.15, 0.2) is 0 Å². The van der Waals surface area contributed by atoms with Crippen molar-refractivity contribution < 1.29 is 0 Å². The quantitative estimate of drug-likeness (QED) is 0.308. The van der Waals surface area contributed by atoms with E-state index in [-0.39, 0.29) is 0 Å². The van der Waals surface area contributed by atoms with Gasteiger partial charge in [-0.2, -0.15) is 0 Å². The zero-order chi connectivity index (χ0) is 9.46. The molecular weight excluding hydrogens is 508 g/mol. The average Bonchev–Trinajstić information content (AvgIpc) is 2.08. The van der Waals surface area contributed by atoms with Crippen LogP contribution < -0.4 is 26.4 Å². The zero-order valence-electron chi connectivity index (χ0n) is 6.00. The molecule has 18 radical (unpaired) electrons. The van der Waals surface area contributed by atoms with Gasteiger partial charge in [0.05, 0.1) is 0 Å². The fourth-order valence-electron chi connectivity index (χ4n) is 0.750. The second-order valence-electron chi connectivity index (χ2n) is 2.25. The van der Waals surface area contributed by atoms with Crippen molar-refractivity contribution in [2.45, 2.75) is 0 Å². The molecule has 0 bridgehead atoms. The van der Waals surface area contributed by atoms with Gasteiger partial charge in [-0.05, 0) is 0 Å². The molecule has 0 spiro atoms. The van der Waals surface area contributed by atoms with Crippen LogP contribution in [0.5, 0.6) is 0 Å². The molecule has 1 aromatic carbocycles. The van der Waals surface area contributed by atoms with Crippen molar-refractivity contribution in [2.24, 2.45) is 0 Å². The van der Waals surface area contributed by atoms with Crippen molar-refractivity contribution in [2.75, 3.05) is 0 Å². The Morgan fingerprint density at radius 1 is 0.333 bits per heavy atom. The molecule has 0 unspecified atom stereocenters. The third-order valence-corrected chi connectivity index (χ3v) is 14.4. The minimum atomic E-state index is 1.45. The van der Waals surface area contributed by atoms with Gasteiger partial charge in [-0.3, -0.25) is 0 Å². The first kappa shape index (κ1) is 12.5. The van der Waals surface area contributed by atoms with Crippen LogP contribution in [0.25, 0.3) is 0 Å². The minimum absolute atomic E-state index is 1.45. The summed E-state index contributed by atoms with van der Waals surface area (Å²) in [5, 5.41) is 0. The van der Waals surface area contributed by atoms with Gasteiger partial charge in [-0.25, -0.2) is 0 Å². The molecule has 6 heteroatoms. The first-order valence-corrected chi connectivity index (χ1v) is 9.29. The summed E-state index contributed by atoms with van der Waals surface area (Å²) in [5.41, 5.74) is 0. The van der Waals surface area contributed by atoms with Crippen LogP contribution in [-0.2, 0) is 0 Å². The molecule has 0 aliphatic carbocycles. The summed E-state index contributed by atoms with van der Waals surface area (Å²) in [6.45, 7) is 0. The molecule has 0 saturated carbocycles. The maximum absolute atomic E-state index is 2.21. The second kappa shape index (κ2) is 5.00. The van der Waals surface area contributed by atoms with Gasteiger partial charge < -0.3 is 0 Å². The van der Waals surface area contributed by atoms with Crippen molar-refractivity contribution in [1.29, 1.82) is 0 Å². The van der Waals surface area contributed by atoms with Gasteiger partial charge in [-0.15, -0.1) is 0 Å². The number of hydrogen-bond donors (Lipinski definition) is 0. The number of hydrogen-bond acceptors (Lipinski definition) is 0. The van der Waals surface area contributed by atoms with Crippen molar-refractivity contribution in [1.82, 2.24) is 0 Å². The standard InChI is InChI=1S/C6Ge6/c7-1-2(8)4(10)6(12)5(11)3(1)9. The zero-order valence-corrected chi connectivity index (χ0v) is 18.6. The predicted molar refractivity (Wildman–Crippen MR) is 58.8 cm³/mol. The molecule has 0 fully saturated rings.